The van der Waals surface area contributed by atoms with E-state index >= 15 is 0 Å². The molecule has 1 aromatic rings. The molecule has 0 aliphatic heterocycles. The van der Waals surface area contributed by atoms with Crippen molar-refractivity contribution in [1.29, 1.82) is 0 Å². The molecule has 1 rings (SSSR count). The van der Waals surface area contributed by atoms with Gasteiger partial charge in [-0.05, 0) is 24.1 Å². The lowest BCUT2D eigenvalue weighted by molar-refractivity contribution is -0.150. The Hall–Kier alpha value is -0.870. The summed E-state index contributed by atoms with van der Waals surface area (Å²) in [6.07, 6.45) is -1.41. The molecule has 88 valence electrons. The van der Waals surface area contributed by atoms with Crippen LogP contribution in [0.25, 0.3) is 0 Å². The van der Waals surface area contributed by atoms with Crippen LogP contribution in [0.3, 0.4) is 0 Å². The highest BCUT2D eigenvalue weighted by atomic mass is 79.9. The van der Waals surface area contributed by atoms with Gasteiger partial charge in [-0.2, -0.15) is 0 Å². The second-order valence-electron chi connectivity index (χ2n) is 4.43. The Labute approximate surface area is 103 Å². The largest absolute Gasteiger partial charge is 0.479 e. The van der Waals surface area contributed by atoms with Crippen LogP contribution >= 0.6 is 15.9 Å². The van der Waals surface area contributed by atoms with Crippen LogP contribution in [0.15, 0.2) is 22.7 Å². The zero-order valence-electron chi connectivity index (χ0n) is 9.49. The molecule has 4 heteroatoms. The highest BCUT2D eigenvalue weighted by Crippen LogP contribution is 2.30. The fourth-order valence-corrected chi connectivity index (χ4v) is 1.84. The molecule has 0 radical (unpaired) electrons. The van der Waals surface area contributed by atoms with E-state index in [2.05, 4.69) is 15.9 Å². The highest BCUT2D eigenvalue weighted by Gasteiger charge is 2.35. The topological polar surface area (TPSA) is 57.5 Å². The quantitative estimate of drug-likeness (QED) is 0.898. The van der Waals surface area contributed by atoms with Gasteiger partial charge in [0.15, 0.2) is 6.10 Å². The fraction of sp³-hybridized carbons (Fsp3) is 0.417. The predicted octanol–water partition coefficient (Wildman–Crippen LogP) is 2.48. The van der Waals surface area contributed by atoms with Crippen LogP contribution in [-0.4, -0.2) is 22.3 Å². The number of carbonyl (C=O) groups is 1. The fourth-order valence-electron chi connectivity index (χ4n) is 1.46. The summed E-state index contributed by atoms with van der Waals surface area (Å²) in [5.74, 6) is -1.21. The lowest BCUT2D eigenvalue weighted by Gasteiger charge is -2.28. The number of aliphatic carboxylic acids is 1. The van der Waals surface area contributed by atoms with Crippen molar-refractivity contribution in [2.75, 3.05) is 0 Å². The van der Waals surface area contributed by atoms with Gasteiger partial charge in [-0.3, -0.25) is 0 Å². The summed E-state index contributed by atoms with van der Waals surface area (Å²) in [4.78, 5) is 10.8. The predicted molar refractivity (Wildman–Crippen MR) is 65.5 cm³/mol. The SMILES string of the molecule is Cc1ccc(C(C)(C)C(O)C(=O)O)cc1Br. The number of halogens is 1. The monoisotopic (exact) mass is 286 g/mol. The van der Waals surface area contributed by atoms with E-state index in [0.29, 0.717) is 0 Å². The molecule has 2 N–H and O–H groups in total. The Kier molecular flexibility index (Phi) is 3.76. The summed E-state index contributed by atoms with van der Waals surface area (Å²) in [6.45, 7) is 5.38. The van der Waals surface area contributed by atoms with Crippen LogP contribution in [0, 0.1) is 6.92 Å². The van der Waals surface area contributed by atoms with Crippen molar-refractivity contribution in [3.63, 3.8) is 0 Å². The maximum Gasteiger partial charge on any atom is 0.333 e. The standard InChI is InChI=1S/C12H15BrO3/c1-7-4-5-8(6-9(7)13)12(2,3)10(14)11(15)16/h4-6,10,14H,1-3H3,(H,15,16). The molecule has 0 bridgehead atoms. The Morgan fingerprint density at radius 1 is 1.44 bits per heavy atom. The van der Waals surface area contributed by atoms with Crippen LogP contribution in [0.4, 0.5) is 0 Å². The first-order chi connectivity index (χ1) is 7.26. The van der Waals surface area contributed by atoms with Crippen molar-refractivity contribution < 1.29 is 15.0 Å². The number of hydrogen-bond acceptors (Lipinski definition) is 2. The number of carboxylic acid groups (broad SMARTS) is 1. The van der Waals surface area contributed by atoms with Crippen LogP contribution in [0.1, 0.15) is 25.0 Å². The van der Waals surface area contributed by atoms with Gasteiger partial charge in [0.25, 0.3) is 0 Å². The molecule has 0 fully saturated rings. The molecule has 3 nitrogen and oxygen atoms in total. The molecule has 0 saturated carbocycles. The lowest BCUT2D eigenvalue weighted by Crippen LogP contribution is -2.39. The highest BCUT2D eigenvalue weighted by molar-refractivity contribution is 9.10. The van der Waals surface area contributed by atoms with Crippen molar-refractivity contribution in [3.05, 3.63) is 33.8 Å². The summed E-state index contributed by atoms with van der Waals surface area (Å²) in [5, 5.41) is 18.5. The maximum absolute atomic E-state index is 10.8. The van der Waals surface area contributed by atoms with Gasteiger partial charge in [0.05, 0.1) is 0 Å². The van der Waals surface area contributed by atoms with Crippen LogP contribution in [0.2, 0.25) is 0 Å². The Balaban J connectivity index is 3.16. The Morgan fingerprint density at radius 3 is 2.44 bits per heavy atom. The first-order valence-corrected chi connectivity index (χ1v) is 5.73. The van der Waals surface area contributed by atoms with Gasteiger partial charge < -0.3 is 10.2 Å². The van der Waals surface area contributed by atoms with E-state index in [1.165, 1.54) is 0 Å². The molecular formula is C12H15BrO3. The van der Waals surface area contributed by atoms with E-state index in [9.17, 15) is 9.90 Å². The molecule has 0 saturated heterocycles. The minimum atomic E-state index is -1.41. The zero-order chi connectivity index (χ0) is 12.5. The second-order valence-corrected chi connectivity index (χ2v) is 5.28. The van der Waals surface area contributed by atoms with Crippen molar-refractivity contribution in [1.82, 2.24) is 0 Å². The van der Waals surface area contributed by atoms with Gasteiger partial charge in [0.1, 0.15) is 0 Å². The van der Waals surface area contributed by atoms with E-state index in [-0.39, 0.29) is 0 Å². The van der Waals surface area contributed by atoms with Crippen LogP contribution < -0.4 is 0 Å². The molecule has 1 aromatic carbocycles. The molecule has 0 aliphatic rings. The minimum absolute atomic E-state index is 0.792. The van der Waals surface area contributed by atoms with Crippen LogP contribution in [0.5, 0.6) is 0 Å². The number of rotatable bonds is 3. The third kappa shape index (κ3) is 2.44. The molecule has 1 atom stereocenters. The molecule has 0 amide bonds. The second kappa shape index (κ2) is 4.55. The van der Waals surface area contributed by atoms with Crippen molar-refractivity contribution >= 4 is 21.9 Å². The van der Waals surface area contributed by atoms with E-state index in [1.54, 1.807) is 13.8 Å². The summed E-state index contributed by atoms with van der Waals surface area (Å²) in [5.41, 5.74) is 1.05. The lowest BCUT2D eigenvalue weighted by atomic mass is 9.79. The average Bonchev–Trinajstić information content (AvgIpc) is 2.20. The summed E-state index contributed by atoms with van der Waals surface area (Å²) < 4.78 is 0.913. The molecule has 0 aliphatic carbocycles. The zero-order valence-corrected chi connectivity index (χ0v) is 11.1. The number of benzene rings is 1. The van der Waals surface area contributed by atoms with Gasteiger partial charge in [0, 0.05) is 9.89 Å². The van der Waals surface area contributed by atoms with Gasteiger partial charge in [-0.1, -0.05) is 41.9 Å². The number of hydrogen-bond donors (Lipinski definition) is 2. The van der Waals surface area contributed by atoms with Gasteiger partial charge in [-0.25, -0.2) is 4.79 Å². The maximum atomic E-state index is 10.8. The third-order valence-electron chi connectivity index (χ3n) is 2.83. The van der Waals surface area contributed by atoms with E-state index in [4.69, 9.17) is 5.11 Å². The summed E-state index contributed by atoms with van der Waals surface area (Å²) >= 11 is 3.40. The van der Waals surface area contributed by atoms with Gasteiger partial charge >= 0.3 is 5.97 Å². The average molecular weight is 287 g/mol. The van der Waals surface area contributed by atoms with Gasteiger partial charge in [-0.15, -0.1) is 0 Å². The summed E-state index contributed by atoms with van der Waals surface area (Å²) in [6, 6.07) is 5.59. The van der Waals surface area contributed by atoms with E-state index < -0.39 is 17.5 Å². The summed E-state index contributed by atoms with van der Waals surface area (Å²) in [7, 11) is 0. The third-order valence-corrected chi connectivity index (χ3v) is 3.69. The smallest absolute Gasteiger partial charge is 0.333 e. The first-order valence-electron chi connectivity index (χ1n) is 4.94. The molecular weight excluding hydrogens is 272 g/mol. The van der Waals surface area contributed by atoms with Crippen molar-refractivity contribution in [2.45, 2.75) is 32.3 Å². The molecule has 0 spiro atoms. The molecule has 16 heavy (non-hydrogen) atoms. The number of aliphatic hydroxyl groups is 1. The Bertz CT molecular complexity index is 413. The minimum Gasteiger partial charge on any atom is -0.479 e. The van der Waals surface area contributed by atoms with Gasteiger partial charge in [0.2, 0.25) is 0 Å². The van der Waals surface area contributed by atoms with E-state index in [1.807, 2.05) is 25.1 Å². The molecule has 0 heterocycles. The Morgan fingerprint density at radius 2 is 2.00 bits per heavy atom. The number of carboxylic acids is 1. The van der Waals surface area contributed by atoms with E-state index in [0.717, 1.165) is 15.6 Å². The van der Waals surface area contributed by atoms with Crippen LogP contribution in [-0.2, 0) is 10.2 Å². The van der Waals surface area contributed by atoms with Crippen molar-refractivity contribution in [2.24, 2.45) is 0 Å². The number of aryl methyl sites for hydroxylation is 1. The van der Waals surface area contributed by atoms with Crippen molar-refractivity contribution in [3.8, 4) is 0 Å². The normalized spacial score (nSPS) is 13.6. The first kappa shape index (κ1) is 13.2. The molecule has 0 aromatic heterocycles. The molecule has 1 unspecified atom stereocenters. The number of aliphatic hydroxyl groups excluding tert-OH is 1.